The molecular formula is C15H22BrFO. The standard InChI is InChI=1S/C15H22BrFO/c1-4-6-11(7-5-2)15(16)13-9-8-12(18-3)10-14(13)17/h8-11,15H,4-7H2,1-3H3. The van der Waals surface area contributed by atoms with Crippen LogP contribution in [-0.2, 0) is 0 Å². The maximum absolute atomic E-state index is 14.0. The number of hydrogen-bond donors (Lipinski definition) is 0. The smallest absolute Gasteiger partial charge is 0.131 e. The van der Waals surface area contributed by atoms with Crippen molar-refractivity contribution in [3.63, 3.8) is 0 Å². The van der Waals surface area contributed by atoms with E-state index < -0.39 is 0 Å². The predicted octanol–water partition coefficient (Wildman–Crippen LogP) is 5.49. The molecule has 1 aromatic rings. The van der Waals surface area contributed by atoms with Crippen molar-refractivity contribution in [2.45, 2.75) is 44.4 Å². The quantitative estimate of drug-likeness (QED) is 0.605. The van der Waals surface area contributed by atoms with Crippen LogP contribution in [0, 0.1) is 11.7 Å². The Balaban J connectivity index is 2.89. The highest BCUT2D eigenvalue weighted by Crippen LogP contribution is 2.38. The van der Waals surface area contributed by atoms with E-state index in [1.807, 2.05) is 12.1 Å². The van der Waals surface area contributed by atoms with Crippen molar-refractivity contribution >= 4 is 15.9 Å². The van der Waals surface area contributed by atoms with Gasteiger partial charge in [-0.25, -0.2) is 4.39 Å². The lowest BCUT2D eigenvalue weighted by Gasteiger charge is -2.22. The largest absolute Gasteiger partial charge is 0.497 e. The van der Waals surface area contributed by atoms with Gasteiger partial charge in [0.05, 0.1) is 7.11 Å². The van der Waals surface area contributed by atoms with Gasteiger partial charge in [0, 0.05) is 16.5 Å². The second-order valence-corrected chi connectivity index (χ2v) is 5.61. The third kappa shape index (κ3) is 3.98. The fourth-order valence-corrected chi connectivity index (χ4v) is 3.19. The van der Waals surface area contributed by atoms with Crippen molar-refractivity contribution in [1.82, 2.24) is 0 Å². The minimum atomic E-state index is -0.187. The number of ether oxygens (including phenoxy) is 1. The molecule has 1 rings (SSSR count). The maximum Gasteiger partial charge on any atom is 0.131 e. The molecule has 0 heterocycles. The first kappa shape index (κ1) is 15.5. The van der Waals surface area contributed by atoms with E-state index >= 15 is 0 Å². The van der Waals surface area contributed by atoms with Gasteiger partial charge in [0.1, 0.15) is 11.6 Å². The number of alkyl halides is 1. The summed E-state index contributed by atoms with van der Waals surface area (Å²) in [6, 6.07) is 5.10. The summed E-state index contributed by atoms with van der Waals surface area (Å²) in [5.74, 6) is 0.870. The minimum absolute atomic E-state index is 0.0864. The summed E-state index contributed by atoms with van der Waals surface area (Å²) >= 11 is 3.67. The van der Waals surface area contributed by atoms with Crippen molar-refractivity contribution in [3.8, 4) is 5.75 Å². The average Bonchev–Trinajstić information content (AvgIpc) is 2.37. The van der Waals surface area contributed by atoms with Gasteiger partial charge in [-0.1, -0.05) is 48.7 Å². The molecule has 0 saturated carbocycles. The Hall–Kier alpha value is -0.570. The molecule has 1 unspecified atom stereocenters. The summed E-state index contributed by atoms with van der Waals surface area (Å²) < 4.78 is 19.0. The van der Waals surface area contributed by atoms with Crippen LogP contribution in [0.1, 0.15) is 49.9 Å². The normalized spacial score (nSPS) is 12.8. The highest BCUT2D eigenvalue weighted by Gasteiger charge is 2.22. The van der Waals surface area contributed by atoms with E-state index in [9.17, 15) is 4.39 Å². The summed E-state index contributed by atoms with van der Waals surface area (Å²) in [5.41, 5.74) is 0.739. The summed E-state index contributed by atoms with van der Waals surface area (Å²) in [5, 5.41) is 0. The van der Waals surface area contributed by atoms with Gasteiger partial charge < -0.3 is 4.74 Å². The first-order chi connectivity index (χ1) is 8.63. The monoisotopic (exact) mass is 316 g/mol. The second kappa shape index (κ2) is 7.78. The fraction of sp³-hybridized carbons (Fsp3) is 0.600. The zero-order valence-electron chi connectivity index (χ0n) is 11.4. The van der Waals surface area contributed by atoms with Gasteiger partial charge in [0.2, 0.25) is 0 Å². The topological polar surface area (TPSA) is 9.23 Å². The van der Waals surface area contributed by atoms with Gasteiger partial charge in [-0.15, -0.1) is 0 Å². The zero-order chi connectivity index (χ0) is 13.5. The second-order valence-electron chi connectivity index (χ2n) is 4.63. The molecular weight excluding hydrogens is 295 g/mol. The molecule has 0 aliphatic heterocycles. The van der Waals surface area contributed by atoms with Gasteiger partial charge in [0.25, 0.3) is 0 Å². The highest BCUT2D eigenvalue weighted by atomic mass is 79.9. The van der Waals surface area contributed by atoms with E-state index in [2.05, 4.69) is 29.8 Å². The Bertz CT molecular complexity index is 362. The molecule has 0 fully saturated rings. The van der Waals surface area contributed by atoms with Crippen LogP contribution in [0.25, 0.3) is 0 Å². The molecule has 1 aromatic carbocycles. The van der Waals surface area contributed by atoms with E-state index in [-0.39, 0.29) is 10.6 Å². The Morgan fingerprint density at radius 1 is 1.22 bits per heavy atom. The van der Waals surface area contributed by atoms with Crippen molar-refractivity contribution in [1.29, 1.82) is 0 Å². The third-order valence-electron chi connectivity index (χ3n) is 3.24. The zero-order valence-corrected chi connectivity index (χ0v) is 13.0. The molecule has 0 radical (unpaired) electrons. The van der Waals surface area contributed by atoms with Crippen LogP contribution in [0.5, 0.6) is 5.75 Å². The van der Waals surface area contributed by atoms with Crippen LogP contribution in [0.15, 0.2) is 18.2 Å². The lowest BCUT2D eigenvalue weighted by Crippen LogP contribution is -2.09. The number of methoxy groups -OCH3 is 1. The van der Waals surface area contributed by atoms with Crippen LogP contribution < -0.4 is 4.74 Å². The molecule has 0 spiro atoms. The van der Waals surface area contributed by atoms with E-state index in [0.717, 1.165) is 31.2 Å². The number of hydrogen-bond acceptors (Lipinski definition) is 1. The molecule has 0 aromatic heterocycles. The molecule has 0 bridgehead atoms. The maximum atomic E-state index is 14.0. The molecule has 0 saturated heterocycles. The fourth-order valence-electron chi connectivity index (χ4n) is 2.29. The predicted molar refractivity (Wildman–Crippen MR) is 77.9 cm³/mol. The molecule has 3 heteroatoms. The molecule has 0 N–H and O–H groups in total. The number of halogens is 2. The van der Waals surface area contributed by atoms with Gasteiger partial charge >= 0.3 is 0 Å². The Labute approximate surface area is 118 Å². The molecule has 102 valence electrons. The lowest BCUT2D eigenvalue weighted by molar-refractivity contribution is 0.406. The molecule has 1 nitrogen and oxygen atoms in total. The minimum Gasteiger partial charge on any atom is -0.497 e. The van der Waals surface area contributed by atoms with E-state index in [4.69, 9.17) is 4.74 Å². The van der Waals surface area contributed by atoms with Gasteiger partial charge in [-0.2, -0.15) is 0 Å². The number of benzene rings is 1. The average molecular weight is 317 g/mol. The Morgan fingerprint density at radius 3 is 2.28 bits per heavy atom. The summed E-state index contributed by atoms with van der Waals surface area (Å²) in [7, 11) is 1.55. The summed E-state index contributed by atoms with van der Waals surface area (Å²) in [6.07, 6.45) is 4.50. The molecule has 0 amide bonds. The van der Waals surface area contributed by atoms with Crippen molar-refractivity contribution in [3.05, 3.63) is 29.6 Å². The lowest BCUT2D eigenvalue weighted by atomic mass is 9.91. The van der Waals surface area contributed by atoms with E-state index in [1.165, 1.54) is 6.07 Å². The highest BCUT2D eigenvalue weighted by molar-refractivity contribution is 9.09. The Morgan fingerprint density at radius 2 is 1.83 bits per heavy atom. The molecule has 1 atom stereocenters. The van der Waals surface area contributed by atoms with Crippen LogP contribution in [-0.4, -0.2) is 7.11 Å². The van der Waals surface area contributed by atoms with Crippen LogP contribution >= 0.6 is 15.9 Å². The third-order valence-corrected chi connectivity index (χ3v) is 4.48. The molecule has 0 aliphatic carbocycles. The summed E-state index contributed by atoms with van der Waals surface area (Å²) in [6.45, 7) is 4.35. The first-order valence-corrected chi connectivity index (χ1v) is 7.53. The van der Waals surface area contributed by atoms with Crippen molar-refractivity contribution in [2.75, 3.05) is 7.11 Å². The van der Waals surface area contributed by atoms with Crippen LogP contribution in [0.3, 0.4) is 0 Å². The van der Waals surface area contributed by atoms with Crippen molar-refractivity contribution in [2.24, 2.45) is 5.92 Å². The number of rotatable bonds is 7. The molecule has 18 heavy (non-hydrogen) atoms. The van der Waals surface area contributed by atoms with Gasteiger partial charge in [0.15, 0.2) is 0 Å². The van der Waals surface area contributed by atoms with Crippen LogP contribution in [0.2, 0.25) is 0 Å². The molecule has 0 aliphatic rings. The Kier molecular flexibility index (Phi) is 6.69. The van der Waals surface area contributed by atoms with E-state index in [0.29, 0.717) is 11.7 Å². The van der Waals surface area contributed by atoms with E-state index in [1.54, 1.807) is 7.11 Å². The first-order valence-electron chi connectivity index (χ1n) is 6.61. The SMILES string of the molecule is CCCC(CCC)C(Br)c1ccc(OC)cc1F. The van der Waals surface area contributed by atoms with Crippen LogP contribution in [0.4, 0.5) is 4.39 Å². The van der Waals surface area contributed by atoms with Gasteiger partial charge in [-0.05, 0) is 24.8 Å². The van der Waals surface area contributed by atoms with Gasteiger partial charge in [-0.3, -0.25) is 0 Å². The summed E-state index contributed by atoms with van der Waals surface area (Å²) in [4.78, 5) is 0.0864. The van der Waals surface area contributed by atoms with Crippen molar-refractivity contribution < 1.29 is 9.13 Å².